The molecule has 4 nitrogen and oxygen atoms in total. The number of aromatic nitrogens is 1. The highest BCUT2D eigenvalue weighted by Gasteiger charge is 2.21. The van der Waals surface area contributed by atoms with E-state index in [9.17, 15) is 0 Å². The lowest BCUT2D eigenvalue weighted by Gasteiger charge is -2.29. The van der Waals surface area contributed by atoms with Crippen molar-refractivity contribution in [3.05, 3.63) is 16.1 Å². The highest BCUT2D eigenvalue weighted by molar-refractivity contribution is 7.09. The standard InChI is InChI=1S/C14H25ClN2O2S/c1-4-13(14-16-12(10-15)11-20-14)17(7-9-19-3)6-5-8-18-2/h11,13H,4-10H2,1-3H3. The van der Waals surface area contributed by atoms with Gasteiger partial charge in [0.05, 0.1) is 24.2 Å². The third-order valence-electron chi connectivity index (χ3n) is 3.20. The van der Waals surface area contributed by atoms with Crippen molar-refractivity contribution < 1.29 is 9.47 Å². The van der Waals surface area contributed by atoms with Gasteiger partial charge < -0.3 is 9.47 Å². The largest absolute Gasteiger partial charge is 0.385 e. The summed E-state index contributed by atoms with van der Waals surface area (Å²) in [6, 6.07) is 0.337. The highest BCUT2D eigenvalue weighted by Crippen LogP contribution is 2.27. The van der Waals surface area contributed by atoms with Gasteiger partial charge in [0.2, 0.25) is 0 Å². The normalized spacial score (nSPS) is 13.1. The van der Waals surface area contributed by atoms with Gasteiger partial charge in [-0.25, -0.2) is 4.98 Å². The molecule has 0 aliphatic carbocycles. The fraction of sp³-hybridized carbons (Fsp3) is 0.786. The van der Waals surface area contributed by atoms with Gasteiger partial charge >= 0.3 is 0 Å². The Hall–Kier alpha value is -0.200. The van der Waals surface area contributed by atoms with E-state index in [1.54, 1.807) is 25.6 Å². The van der Waals surface area contributed by atoms with Crippen molar-refractivity contribution in [1.29, 1.82) is 0 Å². The van der Waals surface area contributed by atoms with Crippen molar-refractivity contribution in [3.8, 4) is 0 Å². The van der Waals surface area contributed by atoms with Crippen molar-refractivity contribution in [2.45, 2.75) is 31.7 Å². The molecule has 0 saturated carbocycles. The van der Waals surface area contributed by atoms with Gasteiger partial charge in [0.15, 0.2) is 0 Å². The highest BCUT2D eigenvalue weighted by atomic mass is 35.5. The second-order valence-corrected chi connectivity index (χ2v) is 5.77. The summed E-state index contributed by atoms with van der Waals surface area (Å²) in [5.41, 5.74) is 0.966. The lowest BCUT2D eigenvalue weighted by atomic mass is 10.2. The Balaban J connectivity index is 2.71. The molecule has 0 fully saturated rings. The van der Waals surface area contributed by atoms with Crippen LogP contribution in [-0.4, -0.2) is 50.4 Å². The molecule has 1 unspecified atom stereocenters. The number of rotatable bonds is 11. The fourth-order valence-corrected chi connectivity index (χ4v) is 3.43. The van der Waals surface area contributed by atoms with Gasteiger partial charge in [-0.3, -0.25) is 4.90 Å². The summed E-state index contributed by atoms with van der Waals surface area (Å²) >= 11 is 7.55. The zero-order valence-electron chi connectivity index (χ0n) is 12.6. The first-order valence-corrected chi connectivity index (χ1v) is 8.40. The van der Waals surface area contributed by atoms with E-state index in [1.165, 1.54) is 0 Å². The quantitative estimate of drug-likeness (QED) is 0.463. The Morgan fingerprint density at radius 3 is 2.60 bits per heavy atom. The first kappa shape index (κ1) is 17.9. The average Bonchev–Trinajstić information content (AvgIpc) is 2.94. The lowest BCUT2D eigenvalue weighted by molar-refractivity contribution is 0.104. The summed E-state index contributed by atoms with van der Waals surface area (Å²) in [6.45, 7) is 5.62. The summed E-state index contributed by atoms with van der Waals surface area (Å²) in [5, 5.41) is 3.20. The van der Waals surface area contributed by atoms with Crippen LogP contribution in [0.25, 0.3) is 0 Å². The minimum absolute atomic E-state index is 0.337. The van der Waals surface area contributed by atoms with Crippen LogP contribution in [0.15, 0.2) is 5.38 Å². The summed E-state index contributed by atoms with van der Waals surface area (Å²) in [4.78, 5) is 7.06. The maximum atomic E-state index is 5.85. The van der Waals surface area contributed by atoms with Gasteiger partial charge in [-0.2, -0.15) is 0 Å². The molecular formula is C14H25ClN2O2S. The second kappa shape index (κ2) is 10.5. The van der Waals surface area contributed by atoms with Crippen LogP contribution in [0, 0.1) is 0 Å². The molecule has 116 valence electrons. The SMILES string of the molecule is CCC(c1nc(CCl)cs1)N(CCCOC)CCOC. The summed E-state index contributed by atoms with van der Waals surface area (Å²) in [6.07, 6.45) is 2.05. The van der Waals surface area contributed by atoms with Gasteiger partial charge in [0, 0.05) is 39.3 Å². The van der Waals surface area contributed by atoms with Crippen LogP contribution < -0.4 is 0 Å². The molecule has 1 aromatic heterocycles. The van der Waals surface area contributed by atoms with E-state index in [-0.39, 0.29) is 0 Å². The first-order valence-electron chi connectivity index (χ1n) is 6.99. The average molecular weight is 321 g/mol. The number of hydrogen-bond acceptors (Lipinski definition) is 5. The topological polar surface area (TPSA) is 34.6 Å². The molecule has 0 saturated heterocycles. The Morgan fingerprint density at radius 1 is 1.30 bits per heavy atom. The van der Waals surface area contributed by atoms with Gasteiger partial charge in [-0.05, 0) is 12.8 Å². The molecule has 0 radical (unpaired) electrons. The van der Waals surface area contributed by atoms with Crippen LogP contribution in [0.5, 0.6) is 0 Å². The van der Waals surface area contributed by atoms with Gasteiger partial charge in [-0.1, -0.05) is 6.92 Å². The lowest BCUT2D eigenvalue weighted by Crippen LogP contribution is -2.33. The van der Waals surface area contributed by atoms with Crippen LogP contribution in [0.2, 0.25) is 0 Å². The van der Waals surface area contributed by atoms with E-state index in [2.05, 4.69) is 22.2 Å². The summed E-state index contributed by atoms with van der Waals surface area (Å²) in [7, 11) is 3.48. The number of hydrogen-bond donors (Lipinski definition) is 0. The molecule has 0 amide bonds. The number of halogens is 1. The van der Waals surface area contributed by atoms with Gasteiger partial charge in [0.25, 0.3) is 0 Å². The zero-order valence-corrected chi connectivity index (χ0v) is 14.2. The zero-order chi connectivity index (χ0) is 14.8. The third-order valence-corrected chi connectivity index (χ3v) is 4.46. The molecule has 0 bridgehead atoms. The molecule has 0 aliphatic heterocycles. The van der Waals surface area contributed by atoms with Crippen molar-refractivity contribution in [2.24, 2.45) is 0 Å². The maximum absolute atomic E-state index is 5.85. The van der Waals surface area contributed by atoms with Crippen LogP contribution in [0.3, 0.4) is 0 Å². The molecular weight excluding hydrogens is 296 g/mol. The van der Waals surface area contributed by atoms with E-state index < -0.39 is 0 Å². The monoisotopic (exact) mass is 320 g/mol. The van der Waals surface area contributed by atoms with E-state index in [0.29, 0.717) is 11.9 Å². The van der Waals surface area contributed by atoms with E-state index in [1.807, 2.05) is 0 Å². The smallest absolute Gasteiger partial charge is 0.110 e. The van der Waals surface area contributed by atoms with E-state index in [4.69, 9.17) is 21.1 Å². The van der Waals surface area contributed by atoms with Gasteiger partial charge in [0.1, 0.15) is 5.01 Å². The van der Waals surface area contributed by atoms with Crippen molar-refractivity contribution in [1.82, 2.24) is 9.88 Å². The molecule has 0 N–H and O–H groups in total. The second-order valence-electron chi connectivity index (χ2n) is 4.61. The fourth-order valence-electron chi connectivity index (χ4n) is 2.17. The number of methoxy groups -OCH3 is 2. The Morgan fingerprint density at radius 2 is 2.05 bits per heavy atom. The predicted molar refractivity (Wildman–Crippen MR) is 84.6 cm³/mol. The summed E-state index contributed by atoms with van der Waals surface area (Å²) < 4.78 is 10.4. The van der Waals surface area contributed by atoms with Crippen molar-refractivity contribution >= 4 is 22.9 Å². The molecule has 0 aromatic carbocycles. The number of ether oxygens (including phenoxy) is 2. The molecule has 1 rings (SSSR count). The number of nitrogens with zero attached hydrogens (tertiary/aromatic N) is 2. The first-order chi connectivity index (χ1) is 9.76. The van der Waals surface area contributed by atoms with Crippen molar-refractivity contribution in [3.63, 3.8) is 0 Å². The van der Waals surface area contributed by atoms with E-state index >= 15 is 0 Å². The molecule has 20 heavy (non-hydrogen) atoms. The van der Waals surface area contributed by atoms with E-state index in [0.717, 1.165) is 49.8 Å². The third kappa shape index (κ3) is 5.66. The molecule has 0 aliphatic rings. The maximum Gasteiger partial charge on any atom is 0.110 e. The van der Waals surface area contributed by atoms with Gasteiger partial charge in [-0.15, -0.1) is 22.9 Å². The molecule has 6 heteroatoms. The van der Waals surface area contributed by atoms with Crippen LogP contribution in [0.4, 0.5) is 0 Å². The number of thiazole rings is 1. The molecule has 1 atom stereocenters. The molecule has 0 spiro atoms. The molecule has 1 aromatic rings. The Labute approximate surface area is 131 Å². The Kier molecular flexibility index (Phi) is 9.39. The van der Waals surface area contributed by atoms with Crippen molar-refractivity contribution in [2.75, 3.05) is 40.5 Å². The van der Waals surface area contributed by atoms with Crippen LogP contribution in [0.1, 0.15) is 36.5 Å². The minimum atomic E-state index is 0.337. The Bertz CT molecular complexity index is 363. The molecule has 1 heterocycles. The van der Waals surface area contributed by atoms with Crippen LogP contribution in [-0.2, 0) is 15.4 Å². The summed E-state index contributed by atoms with van der Waals surface area (Å²) in [5.74, 6) is 0.481. The van der Waals surface area contributed by atoms with Crippen LogP contribution >= 0.6 is 22.9 Å². The minimum Gasteiger partial charge on any atom is -0.385 e. The number of alkyl halides is 1. The predicted octanol–water partition coefficient (Wildman–Crippen LogP) is 3.32.